The van der Waals surface area contributed by atoms with Crippen LogP contribution in [0.15, 0.2) is 0 Å². The number of hydrogen-bond donors (Lipinski definition) is 1. The Kier molecular flexibility index (Phi) is 9.59. The number of unbranched alkanes of at least 4 members (excludes halogenated alkanes) is 1. The molecule has 1 N–H and O–H groups in total. The first-order chi connectivity index (χ1) is 8.86. The molecule has 2 nitrogen and oxygen atoms in total. The lowest BCUT2D eigenvalue weighted by atomic mass is 9.93. The van der Waals surface area contributed by atoms with Gasteiger partial charge in [0.1, 0.15) is 0 Å². The van der Waals surface area contributed by atoms with E-state index in [4.69, 9.17) is 4.74 Å². The summed E-state index contributed by atoms with van der Waals surface area (Å²) in [4.78, 5) is 0. The molecule has 0 aromatic rings. The van der Waals surface area contributed by atoms with Gasteiger partial charge in [-0.15, -0.1) is 0 Å². The van der Waals surface area contributed by atoms with E-state index in [1.54, 1.807) is 0 Å². The quantitative estimate of drug-likeness (QED) is 0.592. The van der Waals surface area contributed by atoms with Crippen molar-refractivity contribution in [1.29, 1.82) is 0 Å². The fraction of sp³-hybridized carbons (Fsp3) is 1.00. The van der Waals surface area contributed by atoms with Crippen molar-refractivity contribution in [2.75, 3.05) is 19.8 Å². The van der Waals surface area contributed by atoms with Gasteiger partial charge in [-0.05, 0) is 44.6 Å². The number of hydrogen-bond acceptors (Lipinski definition) is 2. The van der Waals surface area contributed by atoms with Gasteiger partial charge in [0, 0.05) is 19.3 Å². The molecule has 108 valence electrons. The summed E-state index contributed by atoms with van der Waals surface area (Å²) in [5.41, 5.74) is 0. The van der Waals surface area contributed by atoms with Gasteiger partial charge < -0.3 is 10.1 Å². The van der Waals surface area contributed by atoms with Gasteiger partial charge in [0.05, 0.1) is 0 Å². The van der Waals surface area contributed by atoms with Gasteiger partial charge in [0.2, 0.25) is 0 Å². The summed E-state index contributed by atoms with van der Waals surface area (Å²) < 4.78 is 5.41. The molecule has 0 amide bonds. The molecule has 1 atom stereocenters. The van der Waals surface area contributed by atoms with Crippen LogP contribution in [-0.4, -0.2) is 25.8 Å². The van der Waals surface area contributed by atoms with Crippen LogP contribution in [0.5, 0.6) is 0 Å². The van der Waals surface area contributed by atoms with E-state index in [1.807, 2.05) is 0 Å². The van der Waals surface area contributed by atoms with E-state index < -0.39 is 0 Å². The Labute approximate surface area is 114 Å². The Morgan fingerprint density at radius 3 is 2.50 bits per heavy atom. The number of ether oxygens (including phenoxy) is 1. The summed E-state index contributed by atoms with van der Waals surface area (Å²) in [5.74, 6) is 0.951. The molecule has 18 heavy (non-hydrogen) atoms. The average molecular weight is 255 g/mol. The zero-order valence-electron chi connectivity index (χ0n) is 12.5. The van der Waals surface area contributed by atoms with Crippen LogP contribution in [0.2, 0.25) is 0 Å². The van der Waals surface area contributed by atoms with Gasteiger partial charge in [-0.3, -0.25) is 0 Å². The third-order valence-corrected chi connectivity index (χ3v) is 4.08. The monoisotopic (exact) mass is 255 g/mol. The van der Waals surface area contributed by atoms with Crippen molar-refractivity contribution in [2.45, 2.75) is 77.7 Å². The van der Waals surface area contributed by atoms with Gasteiger partial charge in [-0.2, -0.15) is 0 Å². The van der Waals surface area contributed by atoms with E-state index in [0.717, 1.165) is 25.2 Å². The molecule has 0 aromatic carbocycles. The predicted octanol–water partition coefficient (Wildman–Crippen LogP) is 4.14. The summed E-state index contributed by atoms with van der Waals surface area (Å²) in [7, 11) is 0. The Hall–Kier alpha value is -0.0800. The third kappa shape index (κ3) is 7.38. The largest absolute Gasteiger partial charge is 0.381 e. The maximum Gasteiger partial charge on any atom is 0.0468 e. The Morgan fingerprint density at radius 2 is 1.83 bits per heavy atom. The summed E-state index contributed by atoms with van der Waals surface area (Å²) in [6, 6.07) is 0.768. The highest BCUT2D eigenvalue weighted by molar-refractivity contribution is 4.68. The third-order valence-electron chi connectivity index (χ3n) is 4.08. The molecule has 1 saturated heterocycles. The highest BCUT2D eigenvalue weighted by Gasteiger charge is 2.13. The molecule has 0 bridgehead atoms. The zero-order chi connectivity index (χ0) is 13.1. The van der Waals surface area contributed by atoms with Crippen LogP contribution in [-0.2, 0) is 4.74 Å². The molecule has 0 radical (unpaired) electrons. The minimum absolute atomic E-state index is 0.768. The van der Waals surface area contributed by atoms with Crippen molar-refractivity contribution >= 4 is 0 Å². The normalized spacial score (nSPS) is 19.0. The van der Waals surface area contributed by atoms with Gasteiger partial charge in [0.15, 0.2) is 0 Å². The molecule has 2 heteroatoms. The fourth-order valence-electron chi connectivity index (χ4n) is 2.90. The van der Waals surface area contributed by atoms with E-state index in [9.17, 15) is 0 Å². The first kappa shape index (κ1) is 16.0. The standard InChI is InChI=1S/C16H33NO/c1-3-7-16(17-12-4-2)9-6-5-8-15-10-13-18-14-11-15/h15-17H,3-14H2,1-2H3. The molecule has 1 aliphatic rings. The van der Waals surface area contributed by atoms with Gasteiger partial charge in [-0.1, -0.05) is 39.5 Å². The maximum atomic E-state index is 5.41. The first-order valence-electron chi connectivity index (χ1n) is 8.18. The van der Waals surface area contributed by atoms with Gasteiger partial charge in [0.25, 0.3) is 0 Å². The lowest BCUT2D eigenvalue weighted by Gasteiger charge is -2.22. The lowest BCUT2D eigenvalue weighted by Crippen LogP contribution is -2.29. The van der Waals surface area contributed by atoms with Crippen LogP contribution in [0.4, 0.5) is 0 Å². The summed E-state index contributed by atoms with van der Waals surface area (Å²) >= 11 is 0. The van der Waals surface area contributed by atoms with E-state index in [0.29, 0.717) is 0 Å². The summed E-state index contributed by atoms with van der Waals surface area (Å²) in [5, 5.41) is 3.69. The lowest BCUT2D eigenvalue weighted by molar-refractivity contribution is 0.0630. The molecule has 0 aliphatic carbocycles. The van der Waals surface area contributed by atoms with E-state index in [1.165, 1.54) is 64.3 Å². The van der Waals surface area contributed by atoms with E-state index >= 15 is 0 Å². The predicted molar refractivity (Wildman–Crippen MR) is 79.0 cm³/mol. The second kappa shape index (κ2) is 10.8. The fourth-order valence-corrected chi connectivity index (χ4v) is 2.90. The molecular formula is C16H33NO. The van der Waals surface area contributed by atoms with Crippen LogP contribution < -0.4 is 5.32 Å². The van der Waals surface area contributed by atoms with Crippen LogP contribution in [0, 0.1) is 5.92 Å². The Morgan fingerprint density at radius 1 is 1.06 bits per heavy atom. The SMILES string of the molecule is CCCNC(CCC)CCCCC1CCOCC1. The minimum atomic E-state index is 0.768. The van der Waals surface area contributed by atoms with Crippen molar-refractivity contribution in [3.8, 4) is 0 Å². The second-order valence-corrected chi connectivity index (χ2v) is 5.78. The summed E-state index contributed by atoms with van der Waals surface area (Å²) in [6.07, 6.45) is 12.1. The van der Waals surface area contributed by atoms with E-state index in [2.05, 4.69) is 19.2 Å². The molecular weight excluding hydrogens is 222 g/mol. The van der Waals surface area contributed by atoms with Crippen LogP contribution in [0.1, 0.15) is 71.6 Å². The van der Waals surface area contributed by atoms with Crippen LogP contribution in [0.3, 0.4) is 0 Å². The zero-order valence-corrected chi connectivity index (χ0v) is 12.5. The second-order valence-electron chi connectivity index (χ2n) is 5.78. The molecule has 1 unspecified atom stereocenters. The molecule has 1 rings (SSSR count). The van der Waals surface area contributed by atoms with Gasteiger partial charge in [-0.25, -0.2) is 0 Å². The van der Waals surface area contributed by atoms with Crippen molar-refractivity contribution in [3.05, 3.63) is 0 Å². The first-order valence-corrected chi connectivity index (χ1v) is 8.18. The molecule has 0 aromatic heterocycles. The highest BCUT2D eigenvalue weighted by atomic mass is 16.5. The molecule has 0 spiro atoms. The smallest absolute Gasteiger partial charge is 0.0468 e. The molecule has 0 saturated carbocycles. The van der Waals surface area contributed by atoms with Crippen molar-refractivity contribution in [2.24, 2.45) is 5.92 Å². The van der Waals surface area contributed by atoms with Gasteiger partial charge >= 0.3 is 0 Å². The Bertz CT molecular complexity index is 178. The molecule has 1 heterocycles. The number of rotatable bonds is 10. The molecule has 1 aliphatic heterocycles. The van der Waals surface area contributed by atoms with Crippen molar-refractivity contribution < 1.29 is 4.74 Å². The minimum Gasteiger partial charge on any atom is -0.381 e. The summed E-state index contributed by atoms with van der Waals surface area (Å²) in [6.45, 7) is 7.73. The van der Waals surface area contributed by atoms with E-state index in [-0.39, 0.29) is 0 Å². The topological polar surface area (TPSA) is 21.3 Å². The number of nitrogens with one attached hydrogen (secondary N) is 1. The van der Waals surface area contributed by atoms with Crippen molar-refractivity contribution in [3.63, 3.8) is 0 Å². The average Bonchev–Trinajstić information content (AvgIpc) is 2.42. The van der Waals surface area contributed by atoms with Crippen LogP contribution >= 0.6 is 0 Å². The van der Waals surface area contributed by atoms with Crippen molar-refractivity contribution in [1.82, 2.24) is 5.32 Å². The maximum absolute atomic E-state index is 5.41. The van der Waals surface area contributed by atoms with Crippen LogP contribution in [0.25, 0.3) is 0 Å². The highest BCUT2D eigenvalue weighted by Crippen LogP contribution is 2.21. The molecule has 1 fully saturated rings. The Balaban J connectivity index is 2.02.